The molecule has 0 aliphatic heterocycles. The highest BCUT2D eigenvalue weighted by atomic mass is 19.2. The molecule has 0 unspecified atom stereocenters. The monoisotopic (exact) mass is 457 g/mol. The largest absolute Gasteiger partial charge is 0.489 e. The lowest BCUT2D eigenvalue weighted by Crippen LogP contribution is -2.22. The molecule has 0 bridgehead atoms. The average molecular weight is 458 g/mol. The van der Waals surface area contributed by atoms with Crippen LogP contribution in [-0.2, 0) is 0 Å². The summed E-state index contributed by atoms with van der Waals surface area (Å²) >= 11 is 0. The highest BCUT2D eigenvalue weighted by Crippen LogP contribution is 2.36. The first-order valence-corrected chi connectivity index (χ1v) is 10.7. The number of benzene rings is 2. The molecule has 0 fully saturated rings. The minimum absolute atomic E-state index is 0.0792. The fraction of sp³-hybridized carbons (Fsp3) is 0.360. The predicted octanol–water partition coefficient (Wildman–Crippen LogP) is 4.90. The number of hydrogen-bond acceptors (Lipinski definition) is 6. The summed E-state index contributed by atoms with van der Waals surface area (Å²) in [7, 11) is 7.31. The summed E-state index contributed by atoms with van der Waals surface area (Å²) in [5.41, 5.74) is 4.84. The molecule has 2 rings (SSSR count). The number of hydrogen-bond donors (Lipinski definition) is 4. The standard InChI is InChI=1S/C25H33F2N5O/c1-15(28)18(16(2)30-3)11-12-33-25-19(8-9-21(26)24(25)27)17-7-10-23(31-4)20(13-17)22(29)14-32(5)6/h7-10,13,28-31H,11-12,14H2,1-6H3/b18-16-,28-15?,29-22?. The van der Waals surface area contributed by atoms with Crippen LogP contribution in [0, 0.1) is 22.5 Å². The third-order valence-electron chi connectivity index (χ3n) is 5.33. The van der Waals surface area contributed by atoms with Crippen LogP contribution in [0.2, 0.25) is 0 Å². The quantitative estimate of drug-likeness (QED) is 0.362. The van der Waals surface area contributed by atoms with Gasteiger partial charge in [-0.2, -0.15) is 4.39 Å². The molecule has 0 spiro atoms. The molecule has 2 aromatic rings. The van der Waals surface area contributed by atoms with E-state index in [4.69, 9.17) is 15.6 Å². The Morgan fingerprint density at radius 3 is 2.33 bits per heavy atom. The molecule has 0 saturated carbocycles. The molecule has 0 atom stereocenters. The van der Waals surface area contributed by atoms with Crippen molar-refractivity contribution in [1.29, 1.82) is 10.8 Å². The molecule has 0 aliphatic rings. The molecule has 178 valence electrons. The molecule has 0 aromatic heterocycles. The van der Waals surface area contributed by atoms with Gasteiger partial charge in [0.25, 0.3) is 0 Å². The Bertz CT molecular complexity index is 1060. The molecule has 0 heterocycles. The highest BCUT2D eigenvalue weighted by molar-refractivity contribution is 6.05. The van der Waals surface area contributed by atoms with Crippen LogP contribution < -0.4 is 15.4 Å². The maximum atomic E-state index is 14.8. The first-order valence-electron chi connectivity index (χ1n) is 10.7. The number of ether oxygens (including phenoxy) is 1. The second kappa shape index (κ2) is 11.6. The molecule has 6 nitrogen and oxygen atoms in total. The van der Waals surface area contributed by atoms with E-state index in [1.807, 2.05) is 32.0 Å². The zero-order chi connectivity index (χ0) is 24.7. The van der Waals surface area contributed by atoms with Crippen molar-refractivity contribution in [1.82, 2.24) is 10.2 Å². The van der Waals surface area contributed by atoms with Crippen LogP contribution in [0.5, 0.6) is 5.75 Å². The van der Waals surface area contributed by atoms with E-state index in [-0.39, 0.29) is 12.4 Å². The van der Waals surface area contributed by atoms with Crippen molar-refractivity contribution < 1.29 is 13.5 Å². The summed E-state index contributed by atoms with van der Waals surface area (Å²) in [6, 6.07) is 7.95. The van der Waals surface area contributed by atoms with Gasteiger partial charge in [0.2, 0.25) is 5.82 Å². The lowest BCUT2D eigenvalue weighted by atomic mass is 9.98. The van der Waals surface area contributed by atoms with Crippen molar-refractivity contribution in [2.24, 2.45) is 0 Å². The fourth-order valence-corrected chi connectivity index (χ4v) is 3.54. The number of allylic oxidation sites excluding steroid dienone is 1. The van der Waals surface area contributed by atoms with Gasteiger partial charge in [0, 0.05) is 55.3 Å². The van der Waals surface area contributed by atoms with Gasteiger partial charge >= 0.3 is 0 Å². The molecule has 4 N–H and O–H groups in total. The first kappa shape index (κ1) is 26.0. The summed E-state index contributed by atoms with van der Waals surface area (Å²) in [5.74, 6) is -2.23. The Labute approximate surface area is 194 Å². The Hall–Kier alpha value is -3.26. The number of anilines is 1. The summed E-state index contributed by atoms with van der Waals surface area (Å²) in [6.07, 6.45) is 0.370. The Morgan fingerprint density at radius 2 is 1.76 bits per heavy atom. The van der Waals surface area contributed by atoms with Crippen LogP contribution in [0.1, 0.15) is 25.8 Å². The van der Waals surface area contributed by atoms with E-state index in [1.54, 1.807) is 33.2 Å². The molecule has 0 amide bonds. The molecule has 0 saturated heterocycles. The van der Waals surface area contributed by atoms with Gasteiger partial charge in [-0.3, -0.25) is 0 Å². The summed E-state index contributed by atoms with van der Waals surface area (Å²) < 4.78 is 34.6. The van der Waals surface area contributed by atoms with E-state index in [9.17, 15) is 8.78 Å². The maximum absolute atomic E-state index is 14.8. The van der Waals surface area contributed by atoms with Crippen molar-refractivity contribution in [2.45, 2.75) is 20.3 Å². The number of likely N-dealkylation sites (N-methyl/N-ethyl adjacent to an activating group) is 1. The van der Waals surface area contributed by atoms with Gasteiger partial charge in [0.05, 0.1) is 12.3 Å². The Kier molecular flexibility index (Phi) is 9.11. The first-order chi connectivity index (χ1) is 15.6. The Morgan fingerprint density at radius 1 is 1.06 bits per heavy atom. The third kappa shape index (κ3) is 6.38. The normalized spacial score (nSPS) is 11.8. The second-order valence-electron chi connectivity index (χ2n) is 8.04. The van der Waals surface area contributed by atoms with Gasteiger partial charge in [0.15, 0.2) is 11.6 Å². The zero-order valence-electron chi connectivity index (χ0n) is 20.1. The van der Waals surface area contributed by atoms with Crippen LogP contribution in [0.4, 0.5) is 14.5 Å². The molecule has 0 radical (unpaired) electrons. The van der Waals surface area contributed by atoms with E-state index in [1.165, 1.54) is 6.07 Å². The molecule has 2 aromatic carbocycles. The summed E-state index contributed by atoms with van der Waals surface area (Å²) in [5, 5.41) is 22.5. The predicted molar refractivity (Wildman–Crippen MR) is 132 cm³/mol. The van der Waals surface area contributed by atoms with Gasteiger partial charge in [-0.05, 0) is 63.3 Å². The fourth-order valence-electron chi connectivity index (χ4n) is 3.54. The van der Waals surface area contributed by atoms with Gasteiger partial charge in [0.1, 0.15) is 0 Å². The van der Waals surface area contributed by atoms with Crippen molar-refractivity contribution in [3.8, 4) is 16.9 Å². The molecule has 33 heavy (non-hydrogen) atoms. The van der Waals surface area contributed by atoms with Gasteiger partial charge in [-0.15, -0.1) is 0 Å². The molecular weight excluding hydrogens is 424 g/mol. The minimum atomic E-state index is -1.06. The lowest BCUT2D eigenvalue weighted by Gasteiger charge is -2.18. The van der Waals surface area contributed by atoms with E-state index < -0.39 is 11.6 Å². The van der Waals surface area contributed by atoms with Gasteiger partial charge < -0.3 is 31.1 Å². The van der Waals surface area contributed by atoms with E-state index in [0.717, 1.165) is 23.0 Å². The van der Waals surface area contributed by atoms with Crippen LogP contribution in [0.3, 0.4) is 0 Å². The van der Waals surface area contributed by atoms with Crippen molar-refractivity contribution in [2.75, 3.05) is 46.7 Å². The van der Waals surface area contributed by atoms with Crippen LogP contribution in [0.25, 0.3) is 11.1 Å². The highest BCUT2D eigenvalue weighted by Gasteiger charge is 2.19. The van der Waals surface area contributed by atoms with Crippen molar-refractivity contribution in [3.05, 3.63) is 58.8 Å². The average Bonchev–Trinajstić information content (AvgIpc) is 2.77. The molecule has 0 aliphatic carbocycles. The molecule has 8 heteroatoms. The Balaban J connectivity index is 2.45. The zero-order valence-corrected chi connectivity index (χ0v) is 20.1. The smallest absolute Gasteiger partial charge is 0.201 e. The van der Waals surface area contributed by atoms with Crippen LogP contribution in [-0.4, -0.2) is 57.7 Å². The van der Waals surface area contributed by atoms with E-state index in [0.29, 0.717) is 41.1 Å². The van der Waals surface area contributed by atoms with Gasteiger partial charge in [-0.1, -0.05) is 6.07 Å². The van der Waals surface area contributed by atoms with Gasteiger partial charge in [-0.25, -0.2) is 4.39 Å². The van der Waals surface area contributed by atoms with E-state index >= 15 is 0 Å². The summed E-state index contributed by atoms with van der Waals surface area (Å²) in [4.78, 5) is 1.89. The number of halogens is 2. The number of nitrogens with one attached hydrogen (secondary N) is 4. The van der Waals surface area contributed by atoms with Crippen LogP contribution >= 0.6 is 0 Å². The summed E-state index contributed by atoms with van der Waals surface area (Å²) in [6.45, 7) is 4.05. The SMILES string of the molecule is CN/C(C)=C(/CCOc1c(-c2ccc(NC)c(C(=N)CN(C)C)c2)ccc(F)c1F)C(C)=N. The minimum Gasteiger partial charge on any atom is -0.489 e. The number of nitrogens with zero attached hydrogens (tertiary/aromatic N) is 1. The maximum Gasteiger partial charge on any atom is 0.201 e. The molecular formula is C25H33F2N5O. The van der Waals surface area contributed by atoms with E-state index in [2.05, 4.69) is 10.6 Å². The second-order valence-corrected chi connectivity index (χ2v) is 8.04. The number of rotatable bonds is 11. The van der Waals surface area contributed by atoms with Crippen molar-refractivity contribution in [3.63, 3.8) is 0 Å². The third-order valence-corrected chi connectivity index (χ3v) is 5.33. The lowest BCUT2D eigenvalue weighted by molar-refractivity contribution is 0.301. The van der Waals surface area contributed by atoms with Crippen LogP contribution in [0.15, 0.2) is 41.6 Å². The van der Waals surface area contributed by atoms with Crippen molar-refractivity contribution >= 4 is 17.1 Å². The topological polar surface area (TPSA) is 84.2 Å².